The average Bonchev–Trinajstić information content (AvgIpc) is 2.19. The van der Waals surface area contributed by atoms with Gasteiger partial charge in [-0.3, -0.25) is 4.84 Å². The molecule has 1 aliphatic rings. The molecule has 1 heterocycles. The molecule has 1 aliphatic heterocycles. The van der Waals surface area contributed by atoms with Crippen LogP contribution in [0.3, 0.4) is 0 Å². The molecule has 1 aromatic rings. The molecule has 2 N–H and O–H groups in total. The molecule has 0 bridgehead atoms. The van der Waals surface area contributed by atoms with Crippen LogP contribution in [-0.4, -0.2) is 13.6 Å². The number of fused-ring (bicyclic) bond motifs is 1. The third kappa shape index (κ3) is 1.61. The highest BCUT2D eigenvalue weighted by molar-refractivity contribution is 5.60. The molecule has 0 atom stereocenters. The van der Waals surface area contributed by atoms with Gasteiger partial charge in [-0.1, -0.05) is 18.2 Å². The Labute approximate surface area is 84.4 Å². The van der Waals surface area contributed by atoms with Gasteiger partial charge in [-0.05, 0) is 18.4 Å². The largest absolute Gasteiger partial charge is 0.374 e. The molecule has 0 spiro atoms. The second-order valence-corrected chi connectivity index (χ2v) is 3.76. The molecule has 0 radical (unpaired) electrons. The van der Waals surface area contributed by atoms with Crippen LogP contribution < -0.4 is 10.8 Å². The van der Waals surface area contributed by atoms with Gasteiger partial charge in [-0.25, -0.2) is 5.90 Å². The van der Waals surface area contributed by atoms with Crippen molar-refractivity contribution in [2.24, 2.45) is 5.90 Å². The van der Waals surface area contributed by atoms with Crippen LogP contribution in [-0.2, 0) is 17.9 Å². The number of benzene rings is 1. The van der Waals surface area contributed by atoms with Crippen molar-refractivity contribution in [1.82, 2.24) is 0 Å². The normalized spacial score (nSPS) is 15.4. The molecule has 0 aliphatic carbocycles. The second kappa shape index (κ2) is 3.98. The maximum atomic E-state index is 5.12. The number of hydrogen-bond acceptors (Lipinski definition) is 3. The topological polar surface area (TPSA) is 38.5 Å². The predicted octanol–water partition coefficient (Wildman–Crippen LogP) is 1.46. The number of para-hydroxylation sites is 1. The zero-order chi connectivity index (χ0) is 9.97. The molecule has 1 aromatic carbocycles. The molecule has 76 valence electrons. The lowest BCUT2D eigenvalue weighted by Gasteiger charge is -2.29. The highest BCUT2D eigenvalue weighted by Crippen LogP contribution is 2.29. The van der Waals surface area contributed by atoms with E-state index in [9.17, 15) is 0 Å². The first-order valence-electron chi connectivity index (χ1n) is 4.96. The Morgan fingerprint density at radius 3 is 3.14 bits per heavy atom. The first-order valence-corrected chi connectivity index (χ1v) is 4.96. The molecule has 0 amide bonds. The van der Waals surface area contributed by atoms with Gasteiger partial charge < -0.3 is 4.90 Å². The van der Waals surface area contributed by atoms with Gasteiger partial charge in [0.25, 0.3) is 0 Å². The number of nitrogens with zero attached hydrogens (tertiary/aromatic N) is 1. The fourth-order valence-electron chi connectivity index (χ4n) is 2.16. The fraction of sp³-hybridized carbons (Fsp3) is 0.455. The first kappa shape index (κ1) is 9.49. The Hall–Kier alpha value is -1.06. The quantitative estimate of drug-likeness (QED) is 0.721. The summed E-state index contributed by atoms with van der Waals surface area (Å²) in [4.78, 5) is 7.00. The van der Waals surface area contributed by atoms with E-state index in [4.69, 9.17) is 10.7 Å². The van der Waals surface area contributed by atoms with E-state index in [1.54, 1.807) is 0 Å². The van der Waals surface area contributed by atoms with Gasteiger partial charge in [0.05, 0.1) is 6.61 Å². The van der Waals surface area contributed by atoms with Crippen LogP contribution in [0.25, 0.3) is 0 Å². The maximum absolute atomic E-state index is 5.12. The Kier molecular flexibility index (Phi) is 2.70. The molecule has 0 aromatic heterocycles. The number of hydrogen-bond donors (Lipinski definition) is 1. The molecule has 3 heteroatoms. The summed E-state index contributed by atoms with van der Waals surface area (Å²) in [7, 11) is 2.12. The highest BCUT2D eigenvalue weighted by atomic mass is 16.6. The number of nitrogens with two attached hydrogens (primary N) is 1. The van der Waals surface area contributed by atoms with Crippen molar-refractivity contribution in [3.8, 4) is 0 Å². The van der Waals surface area contributed by atoms with E-state index < -0.39 is 0 Å². The lowest BCUT2D eigenvalue weighted by molar-refractivity contribution is 0.124. The summed E-state index contributed by atoms with van der Waals surface area (Å²) in [5, 5.41) is 0. The Bertz CT molecular complexity index is 325. The van der Waals surface area contributed by atoms with Gasteiger partial charge in [-0.15, -0.1) is 0 Å². The van der Waals surface area contributed by atoms with E-state index in [-0.39, 0.29) is 0 Å². The maximum Gasteiger partial charge on any atom is 0.0950 e. The summed E-state index contributed by atoms with van der Waals surface area (Å²) in [5.74, 6) is 5.12. The van der Waals surface area contributed by atoms with Crippen molar-refractivity contribution in [3.05, 3.63) is 29.3 Å². The molecular formula is C11H16N2O. The summed E-state index contributed by atoms with van der Waals surface area (Å²) in [6.45, 7) is 1.61. The zero-order valence-corrected chi connectivity index (χ0v) is 8.49. The van der Waals surface area contributed by atoms with Gasteiger partial charge in [0.1, 0.15) is 0 Å². The van der Waals surface area contributed by atoms with Crippen molar-refractivity contribution in [2.45, 2.75) is 19.4 Å². The van der Waals surface area contributed by atoms with Crippen LogP contribution in [0.2, 0.25) is 0 Å². The SMILES string of the molecule is CN1CCCc2cccc(CON)c21. The Morgan fingerprint density at radius 2 is 2.36 bits per heavy atom. The van der Waals surface area contributed by atoms with Crippen LogP contribution in [0.4, 0.5) is 5.69 Å². The minimum Gasteiger partial charge on any atom is -0.374 e. The van der Waals surface area contributed by atoms with E-state index in [2.05, 4.69) is 30.1 Å². The summed E-state index contributed by atoms with van der Waals surface area (Å²) in [5.41, 5.74) is 3.91. The zero-order valence-electron chi connectivity index (χ0n) is 8.49. The fourth-order valence-corrected chi connectivity index (χ4v) is 2.16. The Balaban J connectivity index is 2.41. The molecule has 14 heavy (non-hydrogen) atoms. The second-order valence-electron chi connectivity index (χ2n) is 3.76. The van der Waals surface area contributed by atoms with Gasteiger partial charge in [0.15, 0.2) is 0 Å². The minimum absolute atomic E-state index is 0.494. The molecule has 3 nitrogen and oxygen atoms in total. The van der Waals surface area contributed by atoms with Crippen molar-refractivity contribution >= 4 is 5.69 Å². The Morgan fingerprint density at radius 1 is 1.50 bits per heavy atom. The standard InChI is InChI=1S/C11H16N2O/c1-13-7-3-6-9-4-2-5-10(8-14-12)11(9)13/h2,4-5H,3,6-8,12H2,1H3. The van der Waals surface area contributed by atoms with Crippen LogP contribution in [0.15, 0.2) is 18.2 Å². The average molecular weight is 192 g/mol. The molecule has 0 saturated carbocycles. The summed E-state index contributed by atoms with van der Waals surface area (Å²) in [6, 6.07) is 6.34. The smallest absolute Gasteiger partial charge is 0.0950 e. The van der Waals surface area contributed by atoms with Crippen LogP contribution in [0.5, 0.6) is 0 Å². The molecule has 2 rings (SSSR count). The molecular weight excluding hydrogens is 176 g/mol. The van der Waals surface area contributed by atoms with E-state index in [0.717, 1.165) is 13.0 Å². The van der Waals surface area contributed by atoms with Crippen molar-refractivity contribution in [1.29, 1.82) is 0 Å². The monoisotopic (exact) mass is 192 g/mol. The lowest BCUT2D eigenvalue weighted by atomic mass is 9.98. The van der Waals surface area contributed by atoms with Crippen molar-refractivity contribution in [3.63, 3.8) is 0 Å². The van der Waals surface area contributed by atoms with Crippen LogP contribution in [0.1, 0.15) is 17.5 Å². The number of aryl methyl sites for hydroxylation is 1. The third-order valence-electron chi connectivity index (χ3n) is 2.76. The van der Waals surface area contributed by atoms with Gasteiger partial charge in [0, 0.05) is 24.8 Å². The first-order chi connectivity index (χ1) is 6.83. The lowest BCUT2D eigenvalue weighted by Crippen LogP contribution is -2.26. The molecule has 0 saturated heterocycles. The van der Waals surface area contributed by atoms with Gasteiger partial charge in [-0.2, -0.15) is 0 Å². The minimum atomic E-state index is 0.494. The van der Waals surface area contributed by atoms with Crippen LogP contribution in [0, 0.1) is 0 Å². The predicted molar refractivity (Wildman–Crippen MR) is 57.0 cm³/mol. The van der Waals surface area contributed by atoms with Crippen molar-refractivity contribution in [2.75, 3.05) is 18.5 Å². The number of anilines is 1. The third-order valence-corrected chi connectivity index (χ3v) is 2.76. The van der Waals surface area contributed by atoms with E-state index >= 15 is 0 Å². The highest BCUT2D eigenvalue weighted by Gasteiger charge is 2.16. The van der Waals surface area contributed by atoms with Gasteiger partial charge >= 0.3 is 0 Å². The molecule has 0 fully saturated rings. The summed E-state index contributed by atoms with van der Waals surface area (Å²) < 4.78 is 0. The van der Waals surface area contributed by atoms with Crippen LogP contribution >= 0.6 is 0 Å². The van der Waals surface area contributed by atoms with E-state index in [0.29, 0.717) is 6.61 Å². The number of rotatable bonds is 2. The van der Waals surface area contributed by atoms with Gasteiger partial charge in [0.2, 0.25) is 0 Å². The summed E-state index contributed by atoms with van der Waals surface area (Å²) in [6.07, 6.45) is 2.40. The van der Waals surface area contributed by atoms with E-state index in [1.165, 1.54) is 23.2 Å². The summed E-state index contributed by atoms with van der Waals surface area (Å²) >= 11 is 0. The molecule has 0 unspecified atom stereocenters. The van der Waals surface area contributed by atoms with Crippen molar-refractivity contribution < 1.29 is 4.84 Å². The van der Waals surface area contributed by atoms with E-state index in [1.807, 2.05) is 0 Å².